The Labute approximate surface area is 134 Å². The summed E-state index contributed by atoms with van der Waals surface area (Å²) in [5.41, 5.74) is 2.03. The number of carbonyl (C=O) groups is 2. The number of carbonyl (C=O) groups excluding carboxylic acids is 1. The fourth-order valence-electron chi connectivity index (χ4n) is 2.99. The number of nitrogens with zero attached hydrogens (tertiary/aromatic N) is 3. The molecule has 0 saturated carbocycles. The number of carboxylic acid groups (broad SMARTS) is 1. The molecule has 23 heavy (non-hydrogen) atoms. The van der Waals surface area contributed by atoms with Crippen molar-refractivity contribution < 1.29 is 14.7 Å². The van der Waals surface area contributed by atoms with Crippen LogP contribution in [0.4, 0.5) is 0 Å². The molecule has 1 unspecified atom stereocenters. The lowest BCUT2D eigenvalue weighted by atomic mass is 9.97. The minimum Gasteiger partial charge on any atom is -0.481 e. The van der Waals surface area contributed by atoms with Gasteiger partial charge in [-0.05, 0) is 12.8 Å². The zero-order chi connectivity index (χ0) is 16.4. The van der Waals surface area contributed by atoms with Crippen molar-refractivity contribution in [2.24, 2.45) is 13.0 Å². The number of benzene rings is 1. The van der Waals surface area contributed by atoms with Crippen molar-refractivity contribution in [3.8, 4) is 11.3 Å². The summed E-state index contributed by atoms with van der Waals surface area (Å²) < 4.78 is 1.62. The van der Waals surface area contributed by atoms with E-state index in [1.807, 2.05) is 30.3 Å². The number of piperidine rings is 1. The quantitative estimate of drug-likeness (QED) is 0.940. The summed E-state index contributed by atoms with van der Waals surface area (Å²) in [5.74, 6) is -1.47. The van der Waals surface area contributed by atoms with Gasteiger partial charge in [0.2, 0.25) is 0 Å². The predicted octanol–water partition coefficient (Wildman–Crippen LogP) is 2.02. The molecule has 2 aromatic rings. The molecule has 120 valence electrons. The molecule has 1 saturated heterocycles. The summed E-state index contributed by atoms with van der Waals surface area (Å²) in [4.78, 5) is 25.7. The molecule has 1 N–H and O–H groups in total. The number of aliphatic carboxylic acids is 1. The van der Waals surface area contributed by atoms with Crippen LogP contribution in [-0.4, -0.2) is 44.8 Å². The highest BCUT2D eigenvalue weighted by Gasteiger charge is 2.30. The molecule has 1 aromatic heterocycles. The van der Waals surface area contributed by atoms with Gasteiger partial charge >= 0.3 is 5.97 Å². The maximum Gasteiger partial charge on any atom is 0.308 e. The number of rotatable bonds is 3. The highest BCUT2D eigenvalue weighted by molar-refractivity contribution is 6.00. The van der Waals surface area contributed by atoms with Gasteiger partial charge in [-0.15, -0.1) is 0 Å². The van der Waals surface area contributed by atoms with E-state index in [0.29, 0.717) is 30.6 Å². The lowest BCUT2D eigenvalue weighted by Gasteiger charge is -2.30. The smallest absolute Gasteiger partial charge is 0.308 e. The Balaban J connectivity index is 1.90. The Kier molecular flexibility index (Phi) is 4.14. The fourth-order valence-corrected chi connectivity index (χ4v) is 2.99. The van der Waals surface area contributed by atoms with Crippen LogP contribution in [0.25, 0.3) is 11.3 Å². The fraction of sp³-hybridized carbons (Fsp3) is 0.353. The number of carboxylic acids is 1. The van der Waals surface area contributed by atoms with E-state index in [1.165, 1.54) is 0 Å². The first-order valence-electron chi connectivity index (χ1n) is 7.67. The number of aryl methyl sites for hydroxylation is 1. The van der Waals surface area contributed by atoms with Gasteiger partial charge in [-0.3, -0.25) is 14.3 Å². The Bertz CT molecular complexity index is 724. The maximum atomic E-state index is 12.9. The summed E-state index contributed by atoms with van der Waals surface area (Å²) in [6, 6.07) is 9.54. The predicted molar refractivity (Wildman–Crippen MR) is 84.9 cm³/mol. The normalized spacial score (nSPS) is 18.0. The van der Waals surface area contributed by atoms with E-state index in [9.17, 15) is 14.7 Å². The van der Waals surface area contributed by atoms with Gasteiger partial charge in [-0.25, -0.2) is 0 Å². The molecule has 0 aliphatic carbocycles. The van der Waals surface area contributed by atoms with Crippen LogP contribution in [0.5, 0.6) is 0 Å². The van der Waals surface area contributed by atoms with Crippen molar-refractivity contribution in [3.05, 3.63) is 42.1 Å². The van der Waals surface area contributed by atoms with Crippen molar-refractivity contribution in [1.29, 1.82) is 0 Å². The molecule has 1 aliphatic rings. The van der Waals surface area contributed by atoms with Crippen molar-refractivity contribution >= 4 is 11.9 Å². The van der Waals surface area contributed by atoms with Crippen molar-refractivity contribution in [2.45, 2.75) is 12.8 Å². The molecular formula is C17H19N3O3. The summed E-state index contributed by atoms with van der Waals surface area (Å²) in [5, 5.41) is 13.6. The van der Waals surface area contributed by atoms with Gasteiger partial charge in [0.1, 0.15) is 5.69 Å². The van der Waals surface area contributed by atoms with Crippen LogP contribution in [0.1, 0.15) is 23.2 Å². The molecular weight excluding hydrogens is 294 g/mol. The van der Waals surface area contributed by atoms with Crippen molar-refractivity contribution in [1.82, 2.24) is 14.7 Å². The van der Waals surface area contributed by atoms with E-state index >= 15 is 0 Å². The highest BCUT2D eigenvalue weighted by atomic mass is 16.4. The first-order valence-corrected chi connectivity index (χ1v) is 7.67. The van der Waals surface area contributed by atoms with E-state index in [0.717, 1.165) is 5.56 Å². The lowest BCUT2D eigenvalue weighted by Crippen LogP contribution is -2.42. The topological polar surface area (TPSA) is 75.4 Å². The molecule has 6 nitrogen and oxygen atoms in total. The minimum atomic E-state index is -0.836. The largest absolute Gasteiger partial charge is 0.481 e. The molecule has 0 radical (unpaired) electrons. The number of likely N-dealkylation sites (tertiary alicyclic amines) is 1. The molecule has 0 bridgehead atoms. The molecule has 6 heteroatoms. The molecule has 2 heterocycles. The van der Waals surface area contributed by atoms with E-state index in [2.05, 4.69) is 5.10 Å². The lowest BCUT2D eigenvalue weighted by molar-refractivity contribution is -0.143. The third kappa shape index (κ3) is 3.11. The average molecular weight is 313 g/mol. The van der Waals surface area contributed by atoms with Crippen LogP contribution in [0.3, 0.4) is 0 Å². The zero-order valence-electron chi connectivity index (χ0n) is 13.0. The maximum absolute atomic E-state index is 12.9. The van der Waals surface area contributed by atoms with E-state index in [-0.39, 0.29) is 12.5 Å². The van der Waals surface area contributed by atoms with Gasteiger partial charge in [0.15, 0.2) is 0 Å². The molecule has 1 fully saturated rings. The van der Waals surface area contributed by atoms with Crippen LogP contribution >= 0.6 is 0 Å². The Morgan fingerprint density at radius 1 is 1.26 bits per heavy atom. The van der Waals surface area contributed by atoms with Gasteiger partial charge in [0.25, 0.3) is 5.91 Å². The SMILES string of the molecule is Cn1cc(C(=O)N2CCCC(C(=O)O)C2)c(-c2ccccc2)n1. The summed E-state index contributed by atoms with van der Waals surface area (Å²) >= 11 is 0. The first-order chi connectivity index (χ1) is 11.1. The Morgan fingerprint density at radius 2 is 2.00 bits per heavy atom. The van der Waals surface area contributed by atoms with Crippen LogP contribution < -0.4 is 0 Å². The third-order valence-electron chi connectivity index (χ3n) is 4.16. The van der Waals surface area contributed by atoms with Crippen molar-refractivity contribution in [2.75, 3.05) is 13.1 Å². The minimum absolute atomic E-state index is 0.150. The van der Waals surface area contributed by atoms with E-state index in [4.69, 9.17) is 0 Å². The second-order valence-electron chi connectivity index (χ2n) is 5.86. The summed E-state index contributed by atoms with van der Waals surface area (Å²) in [7, 11) is 1.78. The number of hydrogen-bond acceptors (Lipinski definition) is 3. The molecule has 1 aromatic carbocycles. The van der Waals surface area contributed by atoms with Crippen molar-refractivity contribution in [3.63, 3.8) is 0 Å². The zero-order valence-corrected chi connectivity index (χ0v) is 13.0. The van der Waals surface area contributed by atoms with Crippen LogP contribution in [-0.2, 0) is 11.8 Å². The number of amides is 1. The van der Waals surface area contributed by atoms with E-state index < -0.39 is 11.9 Å². The van der Waals surface area contributed by atoms with Crippen LogP contribution in [0, 0.1) is 5.92 Å². The molecule has 3 rings (SSSR count). The highest BCUT2D eigenvalue weighted by Crippen LogP contribution is 2.25. The molecule has 1 aliphatic heterocycles. The first kappa shape index (κ1) is 15.3. The third-order valence-corrected chi connectivity index (χ3v) is 4.16. The molecule has 1 amide bonds. The Hall–Kier alpha value is -2.63. The second kappa shape index (κ2) is 6.24. The van der Waals surface area contributed by atoms with Gasteiger partial charge in [-0.1, -0.05) is 30.3 Å². The van der Waals surface area contributed by atoms with Gasteiger partial charge in [0.05, 0.1) is 11.5 Å². The molecule has 1 atom stereocenters. The Morgan fingerprint density at radius 3 is 2.70 bits per heavy atom. The second-order valence-corrected chi connectivity index (χ2v) is 5.86. The monoisotopic (exact) mass is 313 g/mol. The summed E-state index contributed by atoms with van der Waals surface area (Å²) in [6.45, 7) is 0.850. The summed E-state index contributed by atoms with van der Waals surface area (Å²) in [6.07, 6.45) is 3.04. The average Bonchev–Trinajstić information content (AvgIpc) is 2.97. The number of aromatic nitrogens is 2. The van der Waals surface area contributed by atoms with E-state index in [1.54, 1.807) is 22.8 Å². The molecule has 0 spiro atoms. The van der Waals surface area contributed by atoms with Gasteiger partial charge in [-0.2, -0.15) is 5.10 Å². The van der Waals surface area contributed by atoms with Gasteiger partial charge < -0.3 is 10.0 Å². The van der Waals surface area contributed by atoms with Crippen LogP contribution in [0.2, 0.25) is 0 Å². The van der Waals surface area contributed by atoms with Gasteiger partial charge in [0, 0.05) is 31.9 Å². The van der Waals surface area contributed by atoms with Crippen LogP contribution in [0.15, 0.2) is 36.5 Å². The standard InChI is InChI=1S/C17H19N3O3/c1-19-11-14(15(18-19)12-6-3-2-4-7-12)16(21)20-9-5-8-13(10-20)17(22)23/h2-4,6-7,11,13H,5,8-10H2,1H3,(H,22,23). The number of hydrogen-bond donors (Lipinski definition) is 1.